The summed E-state index contributed by atoms with van der Waals surface area (Å²) in [5.41, 5.74) is 1.15. The largest absolute Gasteiger partial charge is 0.338 e. The molecule has 1 aliphatic heterocycles. The van der Waals surface area contributed by atoms with Crippen molar-refractivity contribution >= 4 is 33.2 Å². The Labute approximate surface area is 127 Å². The Bertz CT molecular complexity index is 419. The van der Waals surface area contributed by atoms with Crippen LogP contribution in [-0.4, -0.2) is 37.5 Å². The smallest absolute Gasteiger partial charge is 0.263 e. The van der Waals surface area contributed by atoms with Gasteiger partial charge in [-0.05, 0) is 73.3 Å². The van der Waals surface area contributed by atoms with Crippen LogP contribution in [0.25, 0.3) is 0 Å². The molecule has 1 aromatic rings. The number of amides is 1. The maximum absolute atomic E-state index is 12.4. The van der Waals surface area contributed by atoms with Gasteiger partial charge in [-0.2, -0.15) is 0 Å². The van der Waals surface area contributed by atoms with Crippen LogP contribution in [0.3, 0.4) is 0 Å². The van der Waals surface area contributed by atoms with Crippen LogP contribution in [0.1, 0.15) is 34.5 Å². The predicted octanol–water partition coefficient (Wildman–Crippen LogP) is 3.28. The number of aryl methyl sites for hydroxylation is 1. The van der Waals surface area contributed by atoms with Crippen molar-refractivity contribution in [1.82, 2.24) is 10.2 Å². The second kappa shape index (κ2) is 6.86. The number of hydrogen-bond donors (Lipinski definition) is 1. The third-order valence-electron chi connectivity index (χ3n) is 3.77. The van der Waals surface area contributed by atoms with E-state index >= 15 is 0 Å². The maximum atomic E-state index is 12.4. The average Bonchev–Trinajstić information content (AvgIpc) is 2.76. The molecule has 1 amide bonds. The minimum atomic E-state index is 0.200. The first-order valence-electron chi connectivity index (χ1n) is 6.81. The summed E-state index contributed by atoms with van der Waals surface area (Å²) in [6.07, 6.45) is 3.50. The Morgan fingerprint density at radius 1 is 1.53 bits per heavy atom. The lowest BCUT2D eigenvalue weighted by Gasteiger charge is -2.31. The van der Waals surface area contributed by atoms with Gasteiger partial charge in [0.15, 0.2) is 0 Å². The monoisotopic (exact) mass is 344 g/mol. The third kappa shape index (κ3) is 3.80. The average molecular weight is 345 g/mol. The zero-order valence-corrected chi connectivity index (χ0v) is 13.9. The first kappa shape index (κ1) is 15.0. The predicted molar refractivity (Wildman–Crippen MR) is 83.9 cm³/mol. The molecular weight excluding hydrogens is 324 g/mol. The molecule has 3 nitrogen and oxygen atoms in total. The molecule has 0 radical (unpaired) electrons. The van der Waals surface area contributed by atoms with Gasteiger partial charge in [-0.3, -0.25) is 4.79 Å². The molecule has 0 spiro atoms. The van der Waals surface area contributed by atoms with E-state index in [1.807, 2.05) is 24.9 Å². The number of piperidine rings is 1. The summed E-state index contributed by atoms with van der Waals surface area (Å²) >= 11 is 5.03. The van der Waals surface area contributed by atoms with Crippen molar-refractivity contribution in [3.63, 3.8) is 0 Å². The number of thiophene rings is 1. The number of halogens is 1. The molecule has 19 heavy (non-hydrogen) atoms. The van der Waals surface area contributed by atoms with E-state index in [9.17, 15) is 4.79 Å². The van der Waals surface area contributed by atoms with Crippen LogP contribution >= 0.6 is 27.3 Å². The van der Waals surface area contributed by atoms with Crippen LogP contribution in [0.15, 0.2) is 9.85 Å². The molecule has 2 heterocycles. The Morgan fingerprint density at radius 3 is 2.74 bits per heavy atom. The SMILES string of the molecule is CNCCC1CCN(C(=O)c2cc(C)c(Br)s2)CC1. The second-order valence-corrected chi connectivity index (χ2v) is 7.57. The number of rotatable bonds is 4. The van der Waals surface area contributed by atoms with E-state index in [0.29, 0.717) is 0 Å². The van der Waals surface area contributed by atoms with Gasteiger partial charge >= 0.3 is 0 Å². The number of carbonyl (C=O) groups is 1. The fourth-order valence-corrected chi connectivity index (χ4v) is 4.00. The summed E-state index contributed by atoms with van der Waals surface area (Å²) in [5, 5.41) is 3.20. The second-order valence-electron chi connectivity index (χ2n) is 5.20. The molecule has 0 atom stereocenters. The molecule has 1 N–H and O–H groups in total. The normalized spacial score (nSPS) is 16.9. The van der Waals surface area contributed by atoms with E-state index in [2.05, 4.69) is 21.2 Å². The summed E-state index contributed by atoms with van der Waals surface area (Å²) in [4.78, 5) is 15.3. The summed E-state index contributed by atoms with van der Waals surface area (Å²) in [6, 6.07) is 1.99. The molecule has 2 rings (SSSR count). The summed E-state index contributed by atoms with van der Waals surface area (Å²) < 4.78 is 1.07. The quantitative estimate of drug-likeness (QED) is 0.908. The minimum absolute atomic E-state index is 0.200. The van der Waals surface area contributed by atoms with Crippen molar-refractivity contribution in [2.45, 2.75) is 26.2 Å². The van der Waals surface area contributed by atoms with E-state index in [-0.39, 0.29) is 5.91 Å². The van der Waals surface area contributed by atoms with E-state index in [0.717, 1.165) is 52.6 Å². The van der Waals surface area contributed by atoms with Crippen LogP contribution in [0.5, 0.6) is 0 Å². The number of carbonyl (C=O) groups excluding carboxylic acids is 1. The first-order valence-corrected chi connectivity index (χ1v) is 8.42. The van der Waals surface area contributed by atoms with Crippen LogP contribution in [0, 0.1) is 12.8 Å². The van der Waals surface area contributed by atoms with Crippen molar-refractivity contribution < 1.29 is 4.79 Å². The lowest BCUT2D eigenvalue weighted by atomic mass is 9.93. The van der Waals surface area contributed by atoms with Crippen LogP contribution in [0.4, 0.5) is 0 Å². The molecule has 0 aliphatic carbocycles. The zero-order chi connectivity index (χ0) is 13.8. The molecule has 1 saturated heterocycles. The standard InChI is InChI=1S/C14H21BrN2OS/c1-10-9-12(19-13(10)15)14(18)17-7-4-11(5-8-17)3-6-16-2/h9,11,16H,3-8H2,1-2H3. The van der Waals surface area contributed by atoms with Gasteiger partial charge in [-0.25, -0.2) is 0 Å². The fraction of sp³-hybridized carbons (Fsp3) is 0.643. The fourth-order valence-electron chi connectivity index (χ4n) is 2.49. The highest BCUT2D eigenvalue weighted by molar-refractivity contribution is 9.11. The summed E-state index contributed by atoms with van der Waals surface area (Å²) in [7, 11) is 2.00. The first-order chi connectivity index (χ1) is 9.11. The molecule has 1 aromatic heterocycles. The lowest BCUT2D eigenvalue weighted by molar-refractivity contribution is 0.0692. The highest BCUT2D eigenvalue weighted by atomic mass is 79.9. The number of hydrogen-bond acceptors (Lipinski definition) is 3. The highest BCUT2D eigenvalue weighted by Gasteiger charge is 2.24. The van der Waals surface area contributed by atoms with E-state index < -0.39 is 0 Å². The van der Waals surface area contributed by atoms with Crippen molar-refractivity contribution in [2.75, 3.05) is 26.7 Å². The van der Waals surface area contributed by atoms with Crippen molar-refractivity contribution in [1.29, 1.82) is 0 Å². The molecule has 0 aromatic carbocycles. The molecular formula is C14H21BrN2OS. The maximum Gasteiger partial charge on any atom is 0.263 e. The van der Waals surface area contributed by atoms with Gasteiger partial charge in [-0.15, -0.1) is 11.3 Å². The van der Waals surface area contributed by atoms with Crippen molar-refractivity contribution in [3.8, 4) is 0 Å². The topological polar surface area (TPSA) is 32.3 Å². The van der Waals surface area contributed by atoms with Gasteiger partial charge in [0.1, 0.15) is 0 Å². The summed E-state index contributed by atoms with van der Waals surface area (Å²) in [6.45, 7) is 4.92. The number of nitrogens with zero attached hydrogens (tertiary/aromatic N) is 1. The molecule has 0 saturated carbocycles. The highest BCUT2D eigenvalue weighted by Crippen LogP contribution is 2.29. The number of likely N-dealkylation sites (tertiary alicyclic amines) is 1. The van der Waals surface area contributed by atoms with Crippen LogP contribution in [-0.2, 0) is 0 Å². The molecule has 106 valence electrons. The van der Waals surface area contributed by atoms with Gasteiger partial charge in [0, 0.05) is 13.1 Å². The summed E-state index contributed by atoms with van der Waals surface area (Å²) in [5.74, 6) is 0.971. The van der Waals surface area contributed by atoms with Gasteiger partial charge in [0.25, 0.3) is 5.91 Å². The van der Waals surface area contributed by atoms with Crippen LogP contribution in [0.2, 0.25) is 0 Å². The molecule has 0 unspecified atom stereocenters. The van der Waals surface area contributed by atoms with Gasteiger partial charge in [-0.1, -0.05) is 0 Å². The van der Waals surface area contributed by atoms with E-state index in [1.165, 1.54) is 6.42 Å². The Morgan fingerprint density at radius 2 is 2.21 bits per heavy atom. The minimum Gasteiger partial charge on any atom is -0.338 e. The van der Waals surface area contributed by atoms with Gasteiger partial charge in [0.2, 0.25) is 0 Å². The Kier molecular flexibility index (Phi) is 5.42. The van der Waals surface area contributed by atoms with E-state index in [1.54, 1.807) is 11.3 Å². The lowest BCUT2D eigenvalue weighted by Crippen LogP contribution is -2.38. The molecule has 1 fully saturated rings. The zero-order valence-electron chi connectivity index (χ0n) is 11.5. The Balaban J connectivity index is 1.89. The van der Waals surface area contributed by atoms with Gasteiger partial charge in [0.05, 0.1) is 8.66 Å². The molecule has 5 heteroatoms. The Hall–Kier alpha value is -0.390. The third-order valence-corrected chi connectivity index (χ3v) is 5.90. The number of nitrogens with one attached hydrogen (secondary N) is 1. The van der Waals surface area contributed by atoms with Crippen molar-refractivity contribution in [3.05, 3.63) is 20.3 Å². The molecule has 1 aliphatic rings. The van der Waals surface area contributed by atoms with E-state index in [4.69, 9.17) is 0 Å². The van der Waals surface area contributed by atoms with Crippen molar-refractivity contribution in [2.24, 2.45) is 5.92 Å². The van der Waals surface area contributed by atoms with Crippen LogP contribution < -0.4 is 5.32 Å². The van der Waals surface area contributed by atoms with Gasteiger partial charge < -0.3 is 10.2 Å². The molecule has 0 bridgehead atoms.